The summed E-state index contributed by atoms with van der Waals surface area (Å²) in [5.74, 6) is 6.21. The number of aliphatic hydroxyl groups excluding tert-OH is 2. The lowest BCUT2D eigenvalue weighted by molar-refractivity contribution is -0.342. The van der Waals surface area contributed by atoms with Gasteiger partial charge in [-0.05, 0) is 112 Å². The minimum Gasteiger partial charge on any atom is -0.462 e. The Morgan fingerprint density at radius 2 is 1.70 bits per heavy atom. The second-order valence-corrected chi connectivity index (χ2v) is 20.3. The van der Waals surface area contributed by atoms with E-state index in [-0.39, 0.29) is 42.7 Å². The molecule has 7 nitrogen and oxygen atoms in total. The molecule has 4 saturated carbocycles. The molecule has 0 aromatic heterocycles. The van der Waals surface area contributed by atoms with E-state index >= 15 is 4.79 Å². The summed E-state index contributed by atoms with van der Waals surface area (Å²) in [5, 5.41) is 41.2. The molecule has 4 aliphatic carbocycles. The molecule has 1 aromatic rings. The SMILES string of the molecule is C[C@H](CCCc1ccccc1)C[C@H]1/C=C/[C@H]2CCCC[C@]23CC#C[C@@]2(C)C[C@@H](OC3=O)[C@@H]3[C@]([C@H](O)CC[C@@]3(C)C3CCCCC3)([C@@H]1O)[C@@]2(O)CCC1=CC(=O)OC1. The first-order chi connectivity index (χ1) is 27.4. The maximum atomic E-state index is 15.2. The summed E-state index contributed by atoms with van der Waals surface area (Å²) >= 11 is 0. The minimum absolute atomic E-state index is 0.0722. The van der Waals surface area contributed by atoms with Crippen molar-refractivity contribution in [2.24, 2.45) is 51.2 Å². The van der Waals surface area contributed by atoms with E-state index in [9.17, 15) is 20.1 Å². The monoisotopic (exact) mass is 780 g/mol. The van der Waals surface area contributed by atoms with Gasteiger partial charge in [0.1, 0.15) is 12.7 Å². The van der Waals surface area contributed by atoms with E-state index < -0.39 is 51.5 Å². The van der Waals surface area contributed by atoms with Crippen LogP contribution in [0, 0.1) is 63.1 Å². The van der Waals surface area contributed by atoms with Crippen LogP contribution >= 0.6 is 0 Å². The number of cyclic esters (lactones) is 1. The summed E-state index contributed by atoms with van der Waals surface area (Å²) in [5.41, 5.74) is -3.42. The predicted octanol–water partition coefficient (Wildman–Crippen LogP) is 8.83. The van der Waals surface area contributed by atoms with Gasteiger partial charge in [0.2, 0.25) is 0 Å². The van der Waals surface area contributed by atoms with Crippen molar-refractivity contribution in [3.63, 3.8) is 0 Å². The molecule has 0 radical (unpaired) electrons. The molecule has 0 unspecified atom stereocenters. The Bertz CT molecular complexity index is 1770. The molecule has 0 saturated heterocycles. The standard InChI is InChI=1S/C50H68O7/c1-34(14-12-17-35-15-6-4-7-16-35)30-37-21-22-39-20-10-11-26-48(39)27-13-25-46(2)32-40(57-45(48)54)43-47(3,38-18-8-5-9-19-38)28-24-41(51)50(43,44(37)53)49(46,55)29-23-36-31-42(52)56-33-36/h4,6-7,15-16,21-22,31,34,37-41,43-44,51,53,55H,5,8-12,14,17-20,23-24,26-30,32-33H2,1-3H3/b22-21+/t34-,37-,39-,40-,41-,43+,44-,46+,47+,48+,49-,50-/m1/s1. The van der Waals surface area contributed by atoms with Crippen molar-refractivity contribution in [1.82, 2.24) is 0 Å². The zero-order chi connectivity index (χ0) is 40.1. The second kappa shape index (κ2) is 15.9. The molecule has 3 heterocycles. The summed E-state index contributed by atoms with van der Waals surface area (Å²) < 4.78 is 12.4. The number of carbonyl (C=O) groups excluding carboxylic acids is 2. The molecule has 310 valence electrons. The van der Waals surface area contributed by atoms with E-state index in [4.69, 9.17) is 9.47 Å². The van der Waals surface area contributed by atoms with Crippen LogP contribution in [0.15, 0.2) is 54.1 Å². The number of benzene rings is 1. The number of hydrogen-bond donors (Lipinski definition) is 3. The normalized spacial score (nSPS) is 42.8. The maximum Gasteiger partial charge on any atom is 0.331 e. The zero-order valence-corrected chi connectivity index (χ0v) is 34.9. The van der Waals surface area contributed by atoms with E-state index in [1.807, 2.05) is 6.92 Å². The lowest BCUT2D eigenvalue weighted by atomic mass is 9.34. The van der Waals surface area contributed by atoms with Crippen LogP contribution in [-0.4, -0.2) is 57.8 Å². The summed E-state index contributed by atoms with van der Waals surface area (Å²) in [6.07, 6.45) is 18.3. The molecule has 4 bridgehead atoms. The number of esters is 2. The smallest absolute Gasteiger partial charge is 0.331 e. The number of hydrogen-bond acceptors (Lipinski definition) is 7. The highest BCUT2D eigenvalue weighted by atomic mass is 16.5. The van der Waals surface area contributed by atoms with Crippen molar-refractivity contribution in [3.8, 4) is 11.8 Å². The highest BCUT2D eigenvalue weighted by molar-refractivity contribution is 5.85. The maximum absolute atomic E-state index is 15.2. The fourth-order valence-electron chi connectivity index (χ4n) is 14.1. The molecule has 3 N–H and O–H groups in total. The number of fused-ring (bicyclic) bond motifs is 2. The molecule has 4 fully saturated rings. The summed E-state index contributed by atoms with van der Waals surface area (Å²) in [6, 6.07) is 10.6. The first kappa shape index (κ1) is 40.8. The Morgan fingerprint density at radius 1 is 0.930 bits per heavy atom. The van der Waals surface area contributed by atoms with Crippen LogP contribution in [-0.2, 0) is 25.5 Å². The average Bonchev–Trinajstić information content (AvgIpc) is 3.64. The van der Waals surface area contributed by atoms with Gasteiger partial charge >= 0.3 is 11.9 Å². The number of ether oxygens (including phenoxy) is 2. The number of rotatable bonds is 10. The number of carbonyl (C=O) groups is 2. The molecular weight excluding hydrogens is 713 g/mol. The van der Waals surface area contributed by atoms with Crippen LogP contribution in [0.2, 0.25) is 0 Å². The third-order valence-corrected chi connectivity index (χ3v) is 17.1. The number of allylic oxidation sites excluding steroid dienone is 1. The molecule has 1 aromatic carbocycles. The Morgan fingerprint density at radius 3 is 2.46 bits per heavy atom. The van der Waals surface area contributed by atoms with Crippen molar-refractivity contribution in [3.05, 3.63) is 59.7 Å². The summed E-state index contributed by atoms with van der Waals surface area (Å²) in [4.78, 5) is 27.5. The van der Waals surface area contributed by atoms with Gasteiger partial charge in [0, 0.05) is 30.8 Å². The van der Waals surface area contributed by atoms with Crippen molar-refractivity contribution in [2.45, 2.75) is 167 Å². The highest BCUT2D eigenvalue weighted by Crippen LogP contribution is 2.72. The first-order valence-electron chi connectivity index (χ1n) is 22.7. The molecule has 57 heavy (non-hydrogen) atoms. The Labute approximate surface area is 341 Å². The summed E-state index contributed by atoms with van der Waals surface area (Å²) in [6.45, 7) is 6.81. The lowest BCUT2D eigenvalue weighted by Crippen LogP contribution is -2.80. The van der Waals surface area contributed by atoms with Gasteiger partial charge in [0.15, 0.2) is 0 Å². The van der Waals surface area contributed by atoms with Gasteiger partial charge in [-0.3, -0.25) is 4.79 Å². The number of aliphatic hydroxyl groups is 3. The molecule has 7 aliphatic rings. The molecule has 3 aliphatic heterocycles. The van der Waals surface area contributed by atoms with Crippen molar-refractivity contribution in [1.29, 1.82) is 0 Å². The highest BCUT2D eigenvalue weighted by Gasteiger charge is 2.78. The first-order valence-corrected chi connectivity index (χ1v) is 22.7. The minimum atomic E-state index is -1.70. The molecule has 12 atom stereocenters. The zero-order valence-electron chi connectivity index (χ0n) is 34.9. The van der Waals surface area contributed by atoms with Crippen molar-refractivity contribution < 1.29 is 34.4 Å². The molecular formula is C50H68O7. The fourth-order valence-corrected chi connectivity index (χ4v) is 14.1. The van der Waals surface area contributed by atoms with E-state index in [1.165, 1.54) is 18.1 Å². The fraction of sp³-hybridized carbons (Fsp3) is 0.720. The van der Waals surface area contributed by atoms with Gasteiger partial charge in [-0.1, -0.05) is 101 Å². The lowest BCUT2D eigenvalue weighted by Gasteiger charge is -2.72. The third-order valence-electron chi connectivity index (χ3n) is 17.1. The van der Waals surface area contributed by atoms with E-state index in [0.29, 0.717) is 44.4 Å². The van der Waals surface area contributed by atoms with Gasteiger partial charge < -0.3 is 24.8 Å². The number of aryl methyl sites for hydroxylation is 1. The van der Waals surface area contributed by atoms with Gasteiger partial charge in [-0.15, -0.1) is 5.92 Å². The Balaban J connectivity index is 1.31. The van der Waals surface area contributed by atoms with Crippen LogP contribution in [0.5, 0.6) is 0 Å². The van der Waals surface area contributed by atoms with Crippen molar-refractivity contribution >= 4 is 11.9 Å². The van der Waals surface area contributed by atoms with Gasteiger partial charge in [0.25, 0.3) is 0 Å². The van der Waals surface area contributed by atoms with Gasteiger partial charge in [0.05, 0.1) is 34.1 Å². The van der Waals surface area contributed by atoms with Crippen LogP contribution in [0.4, 0.5) is 0 Å². The molecule has 1 spiro atoms. The van der Waals surface area contributed by atoms with E-state index in [2.05, 4.69) is 68.2 Å². The second-order valence-electron chi connectivity index (χ2n) is 20.3. The quantitative estimate of drug-likeness (QED) is 0.124. The molecule has 7 heteroatoms. The molecule has 8 rings (SSSR count). The third kappa shape index (κ3) is 6.86. The van der Waals surface area contributed by atoms with Crippen LogP contribution in [0.25, 0.3) is 0 Å². The largest absolute Gasteiger partial charge is 0.462 e. The van der Waals surface area contributed by atoms with Crippen LogP contribution in [0.1, 0.15) is 142 Å². The van der Waals surface area contributed by atoms with Gasteiger partial charge in [-0.2, -0.15) is 0 Å². The van der Waals surface area contributed by atoms with Crippen molar-refractivity contribution in [2.75, 3.05) is 6.61 Å². The summed E-state index contributed by atoms with van der Waals surface area (Å²) in [7, 11) is 0. The Hall–Kier alpha value is -2.92. The van der Waals surface area contributed by atoms with E-state index in [1.54, 1.807) is 0 Å². The Kier molecular flexibility index (Phi) is 11.4. The van der Waals surface area contributed by atoms with Crippen LogP contribution < -0.4 is 0 Å². The van der Waals surface area contributed by atoms with Crippen LogP contribution in [0.3, 0.4) is 0 Å². The van der Waals surface area contributed by atoms with E-state index in [0.717, 1.165) is 76.2 Å². The topological polar surface area (TPSA) is 113 Å². The predicted molar refractivity (Wildman–Crippen MR) is 220 cm³/mol. The molecule has 0 amide bonds. The van der Waals surface area contributed by atoms with Gasteiger partial charge in [-0.25, -0.2) is 4.79 Å². The average molecular weight is 781 g/mol.